The molecule has 1 N–H and O–H groups in total. The maximum atomic E-state index is 14.2. The van der Waals surface area contributed by atoms with Gasteiger partial charge in [-0.25, -0.2) is 17.6 Å². The van der Waals surface area contributed by atoms with Crippen LogP contribution >= 0.6 is 0 Å². The molecule has 2 rings (SSSR count). The SMILES string of the molecule is CCCNC(=O)/C(C)=C(\C)c1cc(F)cc(-c2cc(F)c(F)c(F)c2)c1C. The number of amides is 1. The van der Waals surface area contributed by atoms with Crippen molar-refractivity contribution >= 4 is 11.5 Å². The summed E-state index contributed by atoms with van der Waals surface area (Å²) in [6.07, 6.45) is 0.781. The summed E-state index contributed by atoms with van der Waals surface area (Å²) in [7, 11) is 0. The molecule has 144 valence electrons. The van der Waals surface area contributed by atoms with E-state index in [9.17, 15) is 22.4 Å². The summed E-state index contributed by atoms with van der Waals surface area (Å²) in [5.41, 5.74) is 2.18. The molecule has 0 aliphatic carbocycles. The number of halogens is 4. The smallest absolute Gasteiger partial charge is 0.247 e. The molecule has 0 saturated heterocycles. The van der Waals surface area contributed by atoms with Crippen molar-refractivity contribution in [1.82, 2.24) is 5.32 Å². The molecule has 2 aromatic carbocycles. The zero-order valence-corrected chi connectivity index (χ0v) is 15.6. The van der Waals surface area contributed by atoms with Gasteiger partial charge in [0.25, 0.3) is 0 Å². The van der Waals surface area contributed by atoms with Gasteiger partial charge in [-0.3, -0.25) is 4.79 Å². The quantitative estimate of drug-likeness (QED) is 0.413. The van der Waals surface area contributed by atoms with Crippen molar-refractivity contribution < 1.29 is 22.4 Å². The van der Waals surface area contributed by atoms with Gasteiger partial charge in [-0.1, -0.05) is 6.92 Å². The van der Waals surface area contributed by atoms with Crippen LogP contribution in [0.3, 0.4) is 0 Å². The van der Waals surface area contributed by atoms with Gasteiger partial charge in [0.2, 0.25) is 5.91 Å². The Morgan fingerprint density at radius 1 is 1.00 bits per heavy atom. The van der Waals surface area contributed by atoms with Crippen LogP contribution in [0.1, 0.15) is 38.3 Å². The molecule has 0 heterocycles. The molecule has 0 aliphatic rings. The van der Waals surface area contributed by atoms with Gasteiger partial charge in [0.1, 0.15) is 5.82 Å². The van der Waals surface area contributed by atoms with E-state index in [1.807, 2.05) is 6.92 Å². The topological polar surface area (TPSA) is 29.1 Å². The molecule has 0 atom stereocenters. The van der Waals surface area contributed by atoms with Crippen LogP contribution in [0.5, 0.6) is 0 Å². The number of carbonyl (C=O) groups excluding carboxylic acids is 1. The van der Waals surface area contributed by atoms with Crippen LogP contribution in [0.15, 0.2) is 29.8 Å². The van der Waals surface area contributed by atoms with Crippen LogP contribution in [-0.2, 0) is 4.79 Å². The van der Waals surface area contributed by atoms with E-state index in [4.69, 9.17) is 0 Å². The third-order valence-corrected chi connectivity index (χ3v) is 4.51. The zero-order chi connectivity index (χ0) is 20.3. The van der Waals surface area contributed by atoms with Gasteiger partial charge in [0, 0.05) is 12.1 Å². The average Bonchev–Trinajstić information content (AvgIpc) is 2.63. The van der Waals surface area contributed by atoms with Crippen LogP contribution in [0.2, 0.25) is 0 Å². The van der Waals surface area contributed by atoms with Crippen LogP contribution in [0.25, 0.3) is 16.7 Å². The fourth-order valence-electron chi connectivity index (χ4n) is 2.82. The second-order valence-electron chi connectivity index (χ2n) is 6.39. The lowest BCUT2D eigenvalue weighted by atomic mass is 9.91. The van der Waals surface area contributed by atoms with Crippen LogP contribution in [0, 0.1) is 30.2 Å². The molecular formula is C21H21F4NO. The fourth-order valence-corrected chi connectivity index (χ4v) is 2.82. The minimum Gasteiger partial charge on any atom is -0.352 e. The monoisotopic (exact) mass is 379 g/mol. The second-order valence-corrected chi connectivity index (χ2v) is 6.39. The summed E-state index contributed by atoms with van der Waals surface area (Å²) in [5.74, 6) is -5.17. The third kappa shape index (κ3) is 4.38. The van der Waals surface area contributed by atoms with Gasteiger partial charge in [-0.2, -0.15) is 0 Å². The van der Waals surface area contributed by atoms with E-state index in [1.165, 1.54) is 6.07 Å². The first-order chi connectivity index (χ1) is 12.7. The summed E-state index contributed by atoms with van der Waals surface area (Å²) >= 11 is 0. The molecule has 2 aromatic rings. The molecule has 2 nitrogen and oxygen atoms in total. The fraction of sp³-hybridized carbons (Fsp3) is 0.286. The molecule has 0 saturated carbocycles. The second kappa shape index (κ2) is 8.37. The van der Waals surface area contributed by atoms with Crippen molar-refractivity contribution in [2.75, 3.05) is 6.54 Å². The predicted molar refractivity (Wildman–Crippen MR) is 98.0 cm³/mol. The van der Waals surface area contributed by atoms with Crippen molar-refractivity contribution in [3.63, 3.8) is 0 Å². The Kier molecular flexibility index (Phi) is 6.41. The van der Waals surface area contributed by atoms with Crippen molar-refractivity contribution in [2.45, 2.75) is 34.1 Å². The molecule has 0 aromatic heterocycles. The van der Waals surface area contributed by atoms with Crippen molar-refractivity contribution in [3.8, 4) is 11.1 Å². The summed E-state index contributed by atoms with van der Waals surface area (Å²) in [6, 6.07) is 4.04. The van der Waals surface area contributed by atoms with Gasteiger partial charge in [-0.15, -0.1) is 0 Å². The van der Waals surface area contributed by atoms with Gasteiger partial charge in [0.15, 0.2) is 17.5 Å². The molecular weight excluding hydrogens is 358 g/mol. The Morgan fingerprint density at radius 2 is 1.59 bits per heavy atom. The van der Waals surface area contributed by atoms with E-state index in [2.05, 4.69) is 5.32 Å². The number of benzene rings is 2. The van der Waals surface area contributed by atoms with Crippen molar-refractivity contribution in [2.24, 2.45) is 0 Å². The summed E-state index contributed by atoms with van der Waals surface area (Å²) < 4.78 is 54.6. The lowest BCUT2D eigenvalue weighted by molar-refractivity contribution is -0.117. The van der Waals surface area contributed by atoms with Crippen LogP contribution in [-0.4, -0.2) is 12.5 Å². The number of carbonyl (C=O) groups is 1. The number of allylic oxidation sites excluding steroid dienone is 1. The van der Waals surface area contributed by atoms with Crippen molar-refractivity contribution in [3.05, 3.63) is 64.2 Å². The Morgan fingerprint density at radius 3 is 2.15 bits per heavy atom. The Balaban J connectivity index is 2.60. The third-order valence-electron chi connectivity index (χ3n) is 4.51. The largest absolute Gasteiger partial charge is 0.352 e. The zero-order valence-electron chi connectivity index (χ0n) is 15.6. The van der Waals surface area contributed by atoms with Gasteiger partial charge in [-0.05, 0) is 79.3 Å². The minimum atomic E-state index is -1.58. The highest BCUT2D eigenvalue weighted by molar-refractivity contribution is 6.00. The van der Waals surface area contributed by atoms with E-state index in [0.717, 1.165) is 24.6 Å². The normalized spacial score (nSPS) is 12.0. The molecule has 0 unspecified atom stereocenters. The molecule has 0 fully saturated rings. The molecule has 1 amide bonds. The standard InChI is InChI=1S/C21H21F4NO/c1-5-6-26-21(27)12(3)11(2)16-9-15(22)10-17(13(16)4)14-7-18(23)20(25)19(24)8-14/h7-10H,5-6H2,1-4H3,(H,26,27)/b12-11+. The number of hydrogen-bond donors (Lipinski definition) is 1. The van der Waals surface area contributed by atoms with E-state index in [0.29, 0.717) is 28.8 Å². The highest BCUT2D eigenvalue weighted by Gasteiger charge is 2.17. The van der Waals surface area contributed by atoms with E-state index < -0.39 is 23.3 Å². The minimum absolute atomic E-state index is 0.0190. The first-order valence-corrected chi connectivity index (χ1v) is 8.58. The maximum Gasteiger partial charge on any atom is 0.247 e. The van der Waals surface area contributed by atoms with Gasteiger partial charge in [0.05, 0.1) is 0 Å². The van der Waals surface area contributed by atoms with Gasteiger partial charge >= 0.3 is 0 Å². The molecule has 6 heteroatoms. The first-order valence-electron chi connectivity index (χ1n) is 8.58. The van der Waals surface area contributed by atoms with Crippen molar-refractivity contribution in [1.29, 1.82) is 0 Å². The summed E-state index contributed by atoms with van der Waals surface area (Å²) in [4.78, 5) is 12.2. The van der Waals surface area contributed by atoms with Crippen LogP contribution in [0.4, 0.5) is 17.6 Å². The molecule has 0 spiro atoms. The highest BCUT2D eigenvalue weighted by atomic mass is 19.2. The van der Waals surface area contributed by atoms with E-state index in [-0.39, 0.29) is 17.0 Å². The molecule has 0 aliphatic heterocycles. The number of nitrogens with one attached hydrogen (secondary N) is 1. The van der Waals surface area contributed by atoms with Gasteiger partial charge < -0.3 is 5.32 Å². The summed E-state index contributed by atoms with van der Waals surface area (Å²) in [6.45, 7) is 7.41. The maximum absolute atomic E-state index is 14.2. The lowest BCUT2D eigenvalue weighted by Crippen LogP contribution is -2.25. The Bertz CT molecular complexity index is 896. The number of rotatable bonds is 5. The number of hydrogen-bond acceptors (Lipinski definition) is 1. The predicted octanol–water partition coefficient (Wildman–Crippen LogP) is 5.54. The highest BCUT2D eigenvalue weighted by Crippen LogP contribution is 2.33. The van der Waals surface area contributed by atoms with E-state index >= 15 is 0 Å². The molecule has 0 bridgehead atoms. The Hall–Kier alpha value is -2.63. The van der Waals surface area contributed by atoms with Crippen LogP contribution < -0.4 is 5.32 Å². The first kappa shape index (κ1) is 20.7. The average molecular weight is 379 g/mol. The lowest BCUT2D eigenvalue weighted by Gasteiger charge is -2.15. The molecule has 27 heavy (non-hydrogen) atoms. The van der Waals surface area contributed by atoms with E-state index in [1.54, 1.807) is 20.8 Å². The molecule has 0 radical (unpaired) electrons. The summed E-state index contributed by atoms with van der Waals surface area (Å²) in [5, 5.41) is 2.75. The Labute approximate surface area is 155 Å².